The molecule has 0 radical (unpaired) electrons. The van der Waals surface area contributed by atoms with Crippen molar-refractivity contribution in [2.24, 2.45) is 5.41 Å². The zero-order valence-corrected chi connectivity index (χ0v) is 16.7. The van der Waals surface area contributed by atoms with Gasteiger partial charge in [0.05, 0.1) is 5.56 Å². The van der Waals surface area contributed by atoms with Gasteiger partial charge in [-0.1, -0.05) is 31.4 Å². The molecule has 3 rings (SSSR count). The standard InChI is InChI=1S/C21H23F3N2O5/c22-21(23,24)14-6-4-13(5-7-14)11-26-12-20(8-2-1-3-9-20)17(29)16(19(26)31)18(30)25-10-15(27)28/h4-7,29H,1-3,8-12H2,(H,25,30)(H,27,28). The van der Waals surface area contributed by atoms with E-state index in [-0.39, 0.29) is 18.8 Å². The normalized spacial score (nSPS) is 18.9. The first-order chi connectivity index (χ1) is 14.5. The molecule has 10 heteroatoms. The van der Waals surface area contributed by atoms with Gasteiger partial charge >= 0.3 is 12.1 Å². The molecule has 2 amide bonds. The fourth-order valence-corrected chi connectivity index (χ4v) is 4.26. The van der Waals surface area contributed by atoms with E-state index in [1.165, 1.54) is 17.0 Å². The van der Waals surface area contributed by atoms with Crippen LogP contribution in [-0.4, -0.2) is 46.0 Å². The Bertz CT molecular complexity index is 903. The van der Waals surface area contributed by atoms with E-state index >= 15 is 0 Å². The number of carboxylic acid groups (broad SMARTS) is 1. The van der Waals surface area contributed by atoms with Crippen molar-refractivity contribution >= 4 is 17.8 Å². The van der Waals surface area contributed by atoms with Crippen LogP contribution in [0.15, 0.2) is 35.6 Å². The van der Waals surface area contributed by atoms with Crippen molar-refractivity contribution in [2.75, 3.05) is 13.1 Å². The summed E-state index contributed by atoms with van der Waals surface area (Å²) in [7, 11) is 0. The summed E-state index contributed by atoms with van der Waals surface area (Å²) >= 11 is 0. The van der Waals surface area contributed by atoms with E-state index in [0.717, 1.165) is 31.4 Å². The molecular formula is C21H23F3N2O5. The lowest BCUT2D eigenvalue weighted by Crippen LogP contribution is -2.51. The van der Waals surface area contributed by atoms with Crippen LogP contribution in [0, 0.1) is 5.41 Å². The summed E-state index contributed by atoms with van der Waals surface area (Å²) in [5.74, 6) is -3.39. The van der Waals surface area contributed by atoms with Crippen LogP contribution in [0.3, 0.4) is 0 Å². The average Bonchev–Trinajstić information content (AvgIpc) is 2.71. The number of carbonyl (C=O) groups excluding carboxylic acids is 2. The SMILES string of the molecule is O=C(O)CNC(=O)C1=C(O)C2(CCCCC2)CN(Cc2ccc(C(F)(F)F)cc2)C1=O. The molecule has 1 saturated carbocycles. The van der Waals surface area contributed by atoms with Gasteiger partial charge in [0.1, 0.15) is 17.9 Å². The minimum absolute atomic E-state index is 0.0400. The number of hydrogen-bond acceptors (Lipinski definition) is 4. The second kappa shape index (κ2) is 8.60. The molecule has 1 spiro atoms. The Balaban J connectivity index is 1.90. The summed E-state index contributed by atoms with van der Waals surface area (Å²) in [6.45, 7) is -0.620. The predicted molar refractivity (Wildman–Crippen MR) is 103 cm³/mol. The first kappa shape index (κ1) is 22.6. The zero-order valence-electron chi connectivity index (χ0n) is 16.7. The Morgan fingerprint density at radius 3 is 2.26 bits per heavy atom. The van der Waals surface area contributed by atoms with E-state index < -0.39 is 47.1 Å². The quantitative estimate of drug-likeness (QED) is 0.611. The molecule has 3 N–H and O–H groups in total. The van der Waals surface area contributed by atoms with Crippen LogP contribution >= 0.6 is 0 Å². The molecule has 0 aromatic heterocycles. The van der Waals surface area contributed by atoms with Gasteiger partial charge in [0.25, 0.3) is 11.8 Å². The van der Waals surface area contributed by atoms with Crippen LogP contribution in [-0.2, 0) is 27.1 Å². The van der Waals surface area contributed by atoms with Crippen molar-refractivity contribution in [1.82, 2.24) is 10.2 Å². The molecule has 168 valence electrons. The second-order valence-corrected chi connectivity index (χ2v) is 8.00. The number of hydrogen-bond donors (Lipinski definition) is 3. The summed E-state index contributed by atoms with van der Waals surface area (Å²) in [5, 5.41) is 21.8. The van der Waals surface area contributed by atoms with E-state index in [0.29, 0.717) is 18.4 Å². The highest BCUT2D eigenvalue weighted by atomic mass is 19.4. The molecule has 1 fully saturated rings. The number of nitrogens with zero attached hydrogens (tertiary/aromatic N) is 1. The summed E-state index contributed by atoms with van der Waals surface area (Å²) in [5.41, 5.74) is -1.69. The molecule has 2 aliphatic rings. The van der Waals surface area contributed by atoms with Gasteiger partial charge in [0.15, 0.2) is 0 Å². The monoisotopic (exact) mass is 440 g/mol. The van der Waals surface area contributed by atoms with Crippen LogP contribution in [0.5, 0.6) is 0 Å². The molecule has 7 nitrogen and oxygen atoms in total. The molecule has 1 aliphatic carbocycles. The minimum Gasteiger partial charge on any atom is -0.511 e. The summed E-state index contributed by atoms with van der Waals surface area (Å²) < 4.78 is 38.4. The smallest absolute Gasteiger partial charge is 0.416 e. The molecule has 1 aromatic rings. The van der Waals surface area contributed by atoms with Gasteiger partial charge in [-0.3, -0.25) is 14.4 Å². The minimum atomic E-state index is -4.48. The maximum atomic E-state index is 13.0. The van der Waals surface area contributed by atoms with E-state index in [2.05, 4.69) is 5.32 Å². The lowest BCUT2D eigenvalue weighted by molar-refractivity contribution is -0.139. The van der Waals surface area contributed by atoms with Gasteiger partial charge in [-0.2, -0.15) is 13.2 Å². The Labute approximate surface area is 176 Å². The lowest BCUT2D eigenvalue weighted by Gasteiger charge is -2.44. The topological polar surface area (TPSA) is 107 Å². The highest BCUT2D eigenvalue weighted by Crippen LogP contribution is 2.46. The van der Waals surface area contributed by atoms with Crippen molar-refractivity contribution in [1.29, 1.82) is 0 Å². The van der Waals surface area contributed by atoms with Crippen LogP contribution in [0.2, 0.25) is 0 Å². The fourth-order valence-electron chi connectivity index (χ4n) is 4.26. The number of rotatable bonds is 5. The second-order valence-electron chi connectivity index (χ2n) is 8.00. The molecule has 0 saturated heterocycles. The number of aliphatic hydroxyl groups is 1. The predicted octanol–water partition coefficient (Wildman–Crippen LogP) is 3.01. The number of carbonyl (C=O) groups is 3. The first-order valence-corrected chi connectivity index (χ1v) is 9.93. The third-order valence-corrected chi connectivity index (χ3v) is 5.83. The van der Waals surface area contributed by atoms with E-state index in [1.54, 1.807) is 0 Å². The number of amides is 2. The van der Waals surface area contributed by atoms with E-state index in [9.17, 15) is 32.7 Å². The maximum absolute atomic E-state index is 13.0. The highest BCUT2D eigenvalue weighted by Gasteiger charge is 2.47. The largest absolute Gasteiger partial charge is 0.511 e. The Hall–Kier alpha value is -3.04. The zero-order chi connectivity index (χ0) is 22.8. The van der Waals surface area contributed by atoms with Crippen molar-refractivity contribution in [2.45, 2.75) is 44.8 Å². The number of carboxylic acids is 1. The molecule has 0 atom stereocenters. The van der Waals surface area contributed by atoms with Crippen molar-refractivity contribution in [3.05, 3.63) is 46.7 Å². The van der Waals surface area contributed by atoms with Gasteiger partial charge in [0.2, 0.25) is 0 Å². The lowest BCUT2D eigenvalue weighted by atomic mass is 9.69. The molecule has 1 heterocycles. The van der Waals surface area contributed by atoms with Gasteiger partial charge in [-0.25, -0.2) is 0 Å². The molecule has 1 aliphatic heterocycles. The first-order valence-electron chi connectivity index (χ1n) is 9.93. The van der Waals surface area contributed by atoms with Crippen LogP contribution in [0.4, 0.5) is 13.2 Å². The van der Waals surface area contributed by atoms with Crippen LogP contribution in [0.25, 0.3) is 0 Å². The molecule has 0 bridgehead atoms. The number of aliphatic carboxylic acids is 1. The van der Waals surface area contributed by atoms with Gasteiger partial charge in [-0.05, 0) is 30.5 Å². The number of nitrogens with one attached hydrogen (secondary N) is 1. The summed E-state index contributed by atoms with van der Waals surface area (Å²) in [4.78, 5) is 37.7. The Morgan fingerprint density at radius 1 is 1.10 bits per heavy atom. The van der Waals surface area contributed by atoms with E-state index in [4.69, 9.17) is 5.11 Å². The summed E-state index contributed by atoms with van der Waals surface area (Å²) in [6, 6.07) is 4.39. The van der Waals surface area contributed by atoms with Crippen LogP contribution in [0.1, 0.15) is 43.2 Å². The number of alkyl halides is 3. The number of halogens is 3. The Morgan fingerprint density at radius 2 is 1.71 bits per heavy atom. The maximum Gasteiger partial charge on any atom is 0.416 e. The van der Waals surface area contributed by atoms with Crippen molar-refractivity contribution in [3.8, 4) is 0 Å². The van der Waals surface area contributed by atoms with Crippen LogP contribution < -0.4 is 5.32 Å². The highest BCUT2D eigenvalue weighted by molar-refractivity contribution is 6.19. The van der Waals surface area contributed by atoms with E-state index in [1.807, 2.05) is 0 Å². The van der Waals surface area contributed by atoms with Gasteiger partial charge in [-0.15, -0.1) is 0 Å². The average molecular weight is 440 g/mol. The van der Waals surface area contributed by atoms with Crippen molar-refractivity contribution < 1.29 is 37.8 Å². The third-order valence-electron chi connectivity index (χ3n) is 5.83. The third kappa shape index (κ3) is 4.83. The molecule has 0 unspecified atom stereocenters. The van der Waals surface area contributed by atoms with Gasteiger partial charge in [0, 0.05) is 18.5 Å². The number of benzene rings is 1. The Kier molecular flexibility index (Phi) is 6.28. The summed E-state index contributed by atoms with van der Waals surface area (Å²) in [6.07, 6.45) is -0.860. The van der Waals surface area contributed by atoms with Gasteiger partial charge < -0.3 is 20.4 Å². The van der Waals surface area contributed by atoms with Crippen molar-refractivity contribution in [3.63, 3.8) is 0 Å². The number of aliphatic hydroxyl groups excluding tert-OH is 1. The molecular weight excluding hydrogens is 417 g/mol. The fraction of sp³-hybridized carbons (Fsp3) is 0.476. The molecule has 31 heavy (non-hydrogen) atoms. The molecule has 1 aromatic carbocycles.